The van der Waals surface area contributed by atoms with Gasteiger partial charge in [-0.25, -0.2) is 4.98 Å². The van der Waals surface area contributed by atoms with E-state index < -0.39 is 5.97 Å². The Labute approximate surface area is 113 Å². The van der Waals surface area contributed by atoms with Crippen molar-refractivity contribution in [1.82, 2.24) is 14.5 Å². The van der Waals surface area contributed by atoms with E-state index in [-0.39, 0.29) is 5.92 Å². The summed E-state index contributed by atoms with van der Waals surface area (Å²) in [6.45, 7) is 4.31. The van der Waals surface area contributed by atoms with Crippen molar-refractivity contribution in [3.8, 4) is 0 Å². The third kappa shape index (κ3) is 2.81. The average Bonchev–Trinajstić information content (AvgIpc) is 3.04. The van der Waals surface area contributed by atoms with Gasteiger partial charge in [0.1, 0.15) is 5.82 Å². The minimum absolute atomic E-state index is 0.249. The average molecular weight is 263 g/mol. The lowest BCUT2D eigenvalue weighted by molar-refractivity contribution is -0.142. The van der Waals surface area contributed by atoms with Crippen LogP contribution >= 0.6 is 0 Å². The number of aromatic nitrogens is 2. The molecule has 1 saturated heterocycles. The van der Waals surface area contributed by atoms with E-state index in [2.05, 4.69) is 20.6 Å². The fraction of sp³-hybridized carbons (Fsp3) is 0.714. The van der Waals surface area contributed by atoms with Crippen LogP contribution in [0.1, 0.15) is 30.8 Å². The van der Waals surface area contributed by atoms with Gasteiger partial charge in [-0.3, -0.25) is 4.79 Å². The number of carboxylic acids is 1. The van der Waals surface area contributed by atoms with E-state index >= 15 is 0 Å². The molecule has 0 radical (unpaired) electrons. The summed E-state index contributed by atoms with van der Waals surface area (Å²) in [5.41, 5.74) is 1.12. The van der Waals surface area contributed by atoms with E-state index in [1.165, 1.54) is 25.9 Å². The summed E-state index contributed by atoms with van der Waals surface area (Å²) >= 11 is 0. The second-order valence-corrected chi connectivity index (χ2v) is 5.67. The van der Waals surface area contributed by atoms with E-state index in [0.717, 1.165) is 37.4 Å². The van der Waals surface area contributed by atoms with Crippen LogP contribution in [0.15, 0.2) is 6.20 Å². The number of carbonyl (C=O) groups is 1. The smallest absolute Gasteiger partial charge is 0.307 e. The van der Waals surface area contributed by atoms with Crippen molar-refractivity contribution < 1.29 is 9.90 Å². The minimum Gasteiger partial charge on any atom is -0.481 e. The van der Waals surface area contributed by atoms with Crippen molar-refractivity contribution >= 4 is 5.97 Å². The summed E-state index contributed by atoms with van der Waals surface area (Å²) in [5.74, 6) is 0.0178. The molecule has 1 fully saturated rings. The number of likely N-dealkylation sites (tertiary alicyclic amines) is 1. The van der Waals surface area contributed by atoms with E-state index in [4.69, 9.17) is 5.11 Å². The van der Waals surface area contributed by atoms with Crippen molar-refractivity contribution in [3.05, 3.63) is 17.7 Å². The number of aryl methyl sites for hydroxylation is 1. The van der Waals surface area contributed by atoms with Crippen LogP contribution in [0.4, 0.5) is 0 Å². The number of nitrogens with zero attached hydrogens (tertiary/aromatic N) is 3. The molecule has 0 bridgehead atoms. The summed E-state index contributed by atoms with van der Waals surface area (Å²) < 4.78 is 2.14. The summed E-state index contributed by atoms with van der Waals surface area (Å²) in [6.07, 6.45) is 7.05. The number of carboxylic acid groups (broad SMARTS) is 1. The van der Waals surface area contributed by atoms with Crippen LogP contribution in [-0.4, -0.2) is 45.2 Å². The molecular formula is C14H21N3O2. The lowest BCUT2D eigenvalue weighted by atomic mass is 9.98. The normalized spacial score (nSPS) is 23.5. The molecule has 1 atom stereocenters. The monoisotopic (exact) mass is 263 g/mol. The van der Waals surface area contributed by atoms with Gasteiger partial charge in [-0.05, 0) is 32.4 Å². The highest BCUT2D eigenvalue weighted by Crippen LogP contribution is 2.21. The molecule has 0 amide bonds. The maximum absolute atomic E-state index is 11.0. The molecule has 0 aromatic carbocycles. The summed E-state index contributed by atoms with van der Waals surface area (Å²) in [5, 5.41) is 9.07. The number of aliphatic carboxylic acids is 1. The van der Waals surface area contributed by atoms with Gasteiger partial charge in [0.05, 0.1) is 11.6 Å². The second kappa shape index (κ2) is 5.33. The Morgan fingerprint density at radius 2 is 2.16 bits per heavy atom. The Kier molecular flexibility index (Phi) is 3.55. The van der Waals surface area contributed by atoms with Crippen molar-refractivity contribution in [2.75, 3.05) is 19.6 Å². The third-order valence-electron chi connectivity index (χ3n) is 4.29. The van der Waals surface area contributed by atoms with E-state index in [1.54, 1.807) is 0 Å². The Morgan fingerprint density at radius 3 is 2.89 bits per heavy atom. The molecule has 3 rings (SSSR count). The first-order valence-corrected chi connectivity index (χ1v) is 7.22. The van der Waals surface area contributed by atoms with Crippen LogP contribution in [-0.2, 0) is 24.2 Å². The molecule has 19 heavy (non-hydrogen) atoms. The molecule has 5 heteroatoms. The molecule has 0 saturated carbocycles. The van der Waals surface area contributed by atoms with Gasteiger partial charge in [0, 0.05) is 32.1 Å². The first-order valence-electron chi connectivity index (χ1n) is 7.22. The van der Waals surface area contributed by atoms with E-state index in [0.29, 0.717) is 6.42 Å². The quantitative estimate of drug-likeness (QED) is 0.886. The predicted molar refractivity (Wildman–Crippen MR) is 71.1 cm³/mol. The molecule has 1 N–H and O–H groups in total. The van der Waals surface area contributed by atoms with Gasteiger partial charge < -0.3 is 14.6 Å². The maximum atomic E-state index is 11.0. The fourth-order valence-electron chi connectivity index (χ4n) is 3.10. The largest absolute Gasteiger partial charge is 0.481 e. The second-order valence-electron chi connectivity index (χ2n) is 5.67. The van der Waals surface area contributed by atoms with Crippen LogP contribution in [0.25, 0.3) is 0 Å². The van der Waals surface area contributed by atoms with Crippen LogP contribution in [0, 0.1) is 5.92 Å². The third-order valence-corrected chi connectivity index (χ3v) is 4.29. The summed E-state index contributed by atoms with van der Waals surface area (Å²) in [7, 11) is 0. The molecule has 2 aliphatic rings. The summed E-state index contributed by atoms with van der Waals surface area (Å²) in [6, 6.07) is 0. The van der Waals surface area contributed by atoms with E-state index in [1.807, 2.05) is 0 Å². The molecule has 2 aliphatic heterocycles. The lowest BCUT2D eigenvalue weighted by Crippen LogP contribution is -2.25. The Balaban J connectivity index is 1.61. The Hall–Kier alpha value is -1.36. The Morgan fingerprint density at radius 1 is 1.37 bits per heavy atom. The van der Waals surface area contributed by atoms with Crippen molar-refractivity contribution in [3.63, 3.8) is 0 Å². The van der Waals surface area contributed by atoms with Crippen LogP contribution in [0.5, 0.6) is 0 Å². The molecule has 1 unspecified atom stereocenters. The van der Waals surface area contributed by atoms with Gasteiger partial charge in [-0.15, -0.1) is 0 Å². The number of imidazole rings is 1. The van der Waals surface area contributed by atoms with Gasteiger partial charge in [-0.1, -0.05) is 0 Å². The van der Waals surface area contributed by atoms with Crippen LogP contribution < -0.4 is 0 Å². The van der Waals surface area contributed by atoms with Gasteiger partial charge in [0.25, 0.3) is 0 Å². The van der Waals surface area contributed by atoms with Crippen molar-refractivity contribution in [2.45, 2.75) is 38.6 Å². The minimum atomic E-state index is -0.687. The zero-order valence-electron chi connectivity index (χ0n) is 11.2. The van der Waals surface area contributed by atoms with Gasteiger partial charge in [0.15, 0.2) is 0 Å². The number of hydrogen-bond donors (Lipinski definition) is 1. The topological polar surface area (TPSA) is 58.4 Å². The van der Waals surface area contributed by atoms with Crippen LogP contribution in [0.3, 0.4) is 0 Å². The number of fused-ring (bicyclic) bond motifs is 1. The first-order chi connectivity index (χ1) is 9.22. The fourth-order valence-corrected chi connectivity index (χ4v) is 3.10. The Bertz CT molecular complexity index is 463. The summed E-state index contributed by atoms with van der Waals surface area (Å²) in [4.78, 5) is 18.1. The highest BCUT2D eigenvalue weighted by Gasteiger charge is 2.25. The molecule has 3 heterocycles. The standard InChI is InChI=1S/C14H21N3O2/c18-14(19)11-3-8-17-10-12(15-13(17)9-11)4-7-16-5-1-2-6-16/h10-11H,1-9H2,(H,18,19). The first kappa shape index (κ1) is 12.7. The van der Waals surface area contributed by atoms with Crippen LogP contribution in [0.2, 0.25) is 0 Å². The van der Waals surface area contributed by atoms with Gasteiger partial charge >= 0.3 is 5.97 Å². The van der Waals surface area contributed by atoms with Gasteiger partial charge in [-0.2, -0.15) is 0 Å². The molecule has 0 spiro atoms. The maximum Gasteiger partial charge on any atom is 0.307 e. The molecular weight excluding hydrogens is 242 g/mol. The van der Waals surface area contributed by atoms with E-state index in [9.17, 15) is 4.79 Å². The molecule has 1 aromatic rings. The van der Waals surface area contributed by atoms with Crippen molar-refractivity contribution in [1.29, 1.82) is 0 Å². The zero-order valence-corrected chi connectivity index (χ0v) is 11.2. The highest BCUT2D eigenvalue weighted by molar-refractivity contribution is 5.70. The lowest BCUT2D eigenvalue weighted by Gasteiger charge is -2.19. The molecule has 1 aromatic heterocycles. The number of rotatable bonds is 4. The molecule has 5 nitrogen and oxygen atoms in total. The zero-order chi connectivity index (χ0) is 13.2. The highest BCUT2D eigenvalue weighted by atomic mass is 16.4. The predicted octanol–water partition coefficient (Wildman–Crippen LogP) is 1.17. The SMILES string of the molecule is O=C(O)C1CCn2cc(CCN3CCCC3)nc2C1. The van der Waals surface area contributed by atoms with Gasteiger partial charge in [0.2, 0.25) is 0 Å². The molecule has 104 valence electrons. The number of hydrogen-bond acceptors (Lipinski definition) is 3. The molecule has 0 aliphatic carbocycles. The van der Waals surface area contributed by atoms with Crippen molar-refractivity contribution in [2.24, 2.45) is 5.92 Å².